The van der Waals surface area contributed by atoms with Gasteiger partial charge in [-0.05, 0) is 29.8 Å². The van der Waals surface area contributed by atoms with Gasteiger partial charge in [0.05, 0.1) is 19.8 Å². The highest BCUT2D eigenvalue weighted by Gasteiger charge is 2.20. The number of imidazole rings is 1. The lowest BCUT2D eigenvalue weighted by molar-refractivity contribution is 0.393. The molecule has 0 saturated heterocycles. The minimum Gasteiger partial charge on any atom is -0.497 e. The molecule has 0 amide bonds. The largest absolute Gasteiger partial charge is 0.497 e. The molecule has 1 N–H and O–H groups in total. The van der Waals surface area contributed by atoms with Crippen molar-refractivity contribution in [3.8, 4) is 17.6 Å². The van der Waals surface area contributed by atoms with Crippen LogP contribution in [-0.2, 0) is 7.05 Å². The van der Waals surface area contributed by atoms with Crippen molar-refractivity contribution < 1.29 is 9.47 Å². The SMILES string of the molecule is COc1cc(OC)cc(C(Nc2ccc(C#N)cn2)c2nccn2C)c1. The lowest BCUT2D eigenvalue weighted by Gasteiger charge is -2.21. The van der Waals surface area contributed by atoms with Crippen LogP contribution in [0.5, 0.6) is 11.5 Å². The number of methoxy groups -OCH3 is 2. The fourth-order valence-corrected chi connectivity index (χ4v) is 2.64. The molecule has 0 bridgehead atoms. The Bertz CT molecular complexity index is 906. The van der Waals surface area contributed by atoms with E-state index in [0.717, 1.165) is 11.4 Å². The number of ether oxygens (including phenoxy) is 2. The monoisotopic (exact) mass is 349 g/mol. The average molecular weight is 349 g/mol. The minimum atomic E-state index is -0.278. The number of rotatable bonds is 6. The summed E-state index contributed by atoms with van der Waals surface area (Å²) in [6.45, 7) is 0. The highest BCUT2D eigenvalue weighted by molar-refractivity contribution is 5.47. The van der Waals surface area contributed by atoms with Crippen molar-refractivity contribution in [3.63, 3.8) is 0 Å². The van der Waals surface area contributed by atoms with Crippen molar-refractivity contribution >= 4 is 5.82 Å². The lowest BCUT2D eigenvalue weighted by atomic mass is 10.0. The van der Waals surface area contributed by atoms with Crippen LogP contribution in [0.2, 0.25) is 0 Å². The van der Waals surface area contributed by atoms with Crippen LogP contribution in [0.15, 0.2) is 48.9 Å². The van der Waals surface area contributed by atoms with Gasteiger partial charge >= 0.3 is 0 Å². The van der Waals surface area contributed by atoms with E-state index in [2.05, 4.69) is 21.4 Å². The van der Waals surface area contributed by atoms with Gasteiger partial charge in [0.1, 0.15) is 35.3 Å². The molecule has 2 aromatic heterocycles. The molecule has 7 heteroatoms. The molecular weight excluding hydrogens is 330 g/mol. The maximum Gasteiger partial charge on any atom is 0.135 e. The molecule has 0 saturated carbocycles. The number of nitriles is 1. The van der Waals surface area contributed by atoms with E-state index in [1.165, 1.54) is 6.20 Å². The standard InChI is InChI=1S/C19H19N5O2/c1-24-7-6-21-19(24)18(23-17-5-4-13(11-20)12-22-17)14-8-15(25-2)10-16(9-14)26-3/h4-10,12,18H,1-3H3,(H,22,23). The van der Waals surface area contributed by atoms with Gasteiger partial charge in [-0.25, -0.2) is 9.97 Å². The molecule has 1 unspecified atom stereocenters. The van der Waals surface area contributed by atoms with Gasteiger partial charge in [0, 0.05) is 31.7 Å². The molecule has 0 aliphatic carbocycles. The van der Waals surface area contributed by atoms with E-state index in [1.54, 1.807) is 32.5 Å². The molecule has 0 aliphatic rings. The van der Waals surface area contributed by atoms with Crippen LogP contribution in [0.3, 0.4) is 0 Å². The Morgan fingerprint density at radius 3 is 2.35 bits per heavy atom. The Morgan fingerprint density at radius 1 is 1.12 bits per heavy atom. The molecule has 0 fully saturated rings. The Labute approximate surface area is 151 Å². The van der Waals surface area contributed by atoms with E-state index in [0.29, 0.717) is 22.9 Å². The number of nitrogens with one attached hydrogen (secondary N) is 1. The quantitative estimate of drug-likeness (QED) is 0.736. The van der Waals surface area contributed by atoms with Crippen molar-refractivity contribution in [3.05, 3.63) is 65.9 Å². The predicted octanol–water partition coefficient (Wildman–Crippen LogP) is 2.91. The van der Waals surface area contributed by atoms with E-state index < -0.39 is 0 Å². The van der Waals surface area contributed by atoms with Crippen LogP contribution < -0.4 is 14.8 Å². The van der Waals surface area contributed by atoms with Crippen LogP contribution in [0, 0.1) is 11.3 Å². The van der Waals surface area contributed by atoms with E-state index in [-0.39, 0.29) is 6.04 Å². The van der Waals surface area contributed by atoms with Crippen molar-refractivity contribution in [1.82, 2.24) is 14.5 Å². The fraction of sp³-hybridized carbons (Fsp3) is 0.211. The smallest absolute Gasteiger partial charge is 0.135 e. The Hall–Kier alpha value is -3.53. The third kappa shape index (κ3) is 3.59. The molecule has 3 rings (SSSR count). The van der Waals surface area contributed by atoms with Gasteiger partial charge < -0.3 is 19.4 Å². The molecule has 3 aromatic rings. The highest BCUT2D eigenvalue weighted by Crippen LogP contribution is 2.31. The van der Waals surface area contributed by atoms with E-state index in [9.17, 15) is 0 Å². The average Bonchev–Trinajstić information content (AvgIpc) is 3.11. The summed E-state index contributed by atoms with van der Waals surface area (Å²) in [4.78, 5) is 8.78. The number of hydrogen-bond acceptors (Lipinski definition) is 6. The summed E-state index contributed by atoms with van der Waals surface area (Å²) in [5.74, 6) is 2.83. The van der Waals surface area contributed by atoms with E-state index in [1.807, 2.05) is 36.0 Å². The third-order valence-electron chi connectivity index (χ3n) is 4.01. The molecule has 0 spiro atoms. The van der Waals surface area contributed by atoms with Crippen LogP contribution >= 0.6 is 0 Å². The van der Waals surface area contributed by atoms with Crippen LogP contribution in [-0.4, -0.2) is 28.8 Å². The van der Waals surface area contributed by atoms with Gasteiger partial charge in [-0.2, -0.15) is 5.26 Å². The van der Waals surface area contributed by atoms with E-state index in [4.69, 9.17) is 14.7 Å². The third-order valence-corrected chi connectivity index (χ3v) is 4.01. The second-order valence-electron chi connectivity index (χ2n) is 5.66. The number of nitrogens with zero attached hydrogens (tertiary/aromatic N) is 4. The summed E-state index contributed by atoms with van der Waals surface area (Å²) in [5, 5.41) is 12.3. The number of pyridine rings is 1. The number of hydrogen-bond donors (Lipinski definition) is 1. The predicted molar refractivity (Wildman–Crippen MR) is 97.2 cm³/mol. The van der Waals surface area contributed by atoms with Crippen molar-refractivity contribution in [2.75, 3.05) is 19.5 Å². The molecule has 0 radical (unpaired) electrons. The van der Waals surface area contributed by atoms with Gasteiger partial charge in [-0.15, -0.1) is 0 Å². The normalized spacial score (nSPS) is 11.5. The molecule has 7 nitrogen and oxygen atoms in total. The summed E-state index contributed by atoms with van der Waals surface area (Å²) in [5.41, 5.74) is 1.42. The zero-order valence-corrected chi connectivity index (χ0v) is 14.8. The summed E-state index contributed by atoms with van der Waals surface area (Å²) in [6, 6.07) is 11.0. The van der Waals surface area contributed by atoms with Crippen molar-refractivity contribution in [2.24, 2.45) is 7.05 Å². The first kappa shape index (κ1) is 17.3. The van der Waals surface area contributed by atoms with Gasteiger partial charge in [-0.1, -0.05) is 0 Å². The summed E-state index contributed by atoms with van der Waals surface area (Å²) >= 11 is 0. The second kappa shape index (κ2) is 7.57. The molecule has 132 valence electrons. The van der Waals surface area contributed by atoms with Gasteiger partial charge in [0.25, 0.3) is 0 Å². The minimum absolute atomic E-state index is 0.278. The topological polar surface area (TPSA) is 85.0 Å². The Kier molecular flexibility index (Phi) is 5.04. The summed E-state index contributed by atoms with van der Waals surface area (Å²) in [7, 11) is 5.16. The molecule has 0 aliphatic heterocycles. The van der Waals surface area contributed by atoms with Crippen LogP contribution in [0.1, 0.15) is 23.0 Å². The maximum absolute atomic E-state index is 8.94. The Balaban J connectivity index is 2.04. The molecular formula is C19H19N5O2. The first-order valence-electron chi connectivity index (χ1n) is 7.97. The van der Waals surface area contributed by atoms with Crippen molar-refractivity contribution in [1.29, 1.82) is 5.26 Å². The van der Waals surface area contributed by atoms with Crippen molar-refractivity contribution in [2.45, 2.75) is 6.04 Å². The highest BCUT2D eigenvalue weighted by atomic mass is 16.5. The van der Waals surface area contributed by atoms with Gasteiger partial charge in [-0.3, -0.25) is 0 Å². The molecule has 1 atom stereocenters. The number of anilines is 1. The second-order valence-corrected chi connectivity index (χ2v) is 5.66. The van der Waals surface area contributed by atoms with Gasteiger partial charge in [0.15, 0.2) is 0 Å². The van der Waals surface area contributed by atoms with Crippen LogP contribution in [0.25, 0.3) is 0 Å². The zero-order chi connectivity index (χ0) is 18.5. The summed E-state index contributed by atoms with van der Waals surface area (Å²) < 4.78 is 12.7. The first-order valence-corrected chi connectivity index (χ1v) is 7.97. The molecule has 26 heavy (non-hydrogen) atoms. The molecule has 1 aromatic carbocycles. The number of benzene rings is 1. The number of aryl methyl sites for hydroxylation is 1. The lowest BCUT2D eigenvalue weighted by Crippen LogP contribution is -2.17. The number of aromatic nitrogens is 3. The molecule has 2 heterocycles. The maximum atomic E-state index is 8.94. The first-order chi connectivity index (χ1) is 12.6. The van der Waals surface area contributed by atoms with Crippen LogP contribution in [0.4, 0.5) is 5.82 Å². The fourth-order valence-electron chi connectivity index (χ4n) is 2.64. The van der Waals surface area contributed by atoms with E-state index >= 15 is 0 Å². The van der Waals surface area contributed by atoms with Gasteiger partial charge in [0.2, 0.25) is 0 Å². The summed E-state index contributed by atoms with van der Waals surface area (Å²) in [6.07, 6.45) is 5.16. The Morgan fingerprint density at radius 2 is 1.85 bits per heavy atom. The zero-order valence-electron chi connectivity index (χ0n) is 14.8.